The van der Waals surface area contributed by atoms with Crippen LogP contribution in [0.5, 0.6) is 0 Å². The van der Waals surface area contributed by atoms with Crippen LogP contribution in [-0.2, 0) is 13.6 Å². The normalized spacial score (nSPS) is 12.2. The third-order valence-electron chi connectivity index (χ3n) is 3.51. The second-order valence-electron chi connectivity index (χ2n) is 5.50. The lowest BCUT2D eigenvalue weighted by Crippen LogP contribution is -2.41. The molecule has 0 bridgehead atoms. The summed E-state index contributed by atoms with van der Waals surface area (Å²) in [7, 11) is 1.93. The number of nitrogens with one attached hydrogen (secondary N) is 2. The van der Waals surface area contributed by atoms with Crippen molar-refractivity contribution in [2.24, 2.45) is 7.05 Å². The summed E-state index contributed by atoms with van der Waals surface area (Å²) in [4.78, 5) is 26.0. The molecule has 0 saturated carbocycles. The van der Waals surface area contributed by atoms with Gasteiger partial charge in [0.2, 0.25) is 0 Å². The summed E-state index contributed by atoms with van der Waals surface area (Å²) in [5, 5.41) is 2.98. The zero-order valence-corrected chi connectivity index (χ0v) is 13.6. The molecular formula is C15H24N6O. The number of hydrogen-bond donors (Lipinski definition) is 2. The van der Waals surface area contributed by atoms with Gasteiger partial charge in [0.05, 0.1) is 12.6 Å². The monoisotopic (exact) mass is 304 g/mol. The summed E-state index contributed by atoms with van der Waals surface area (Å²) in [5.74, 6) is 1.63. The first-order valence-electron chi connectivity index (χ1n) is 7.54. The molecule has 2 rings (SSSR count). The van der Waals surface area contributed by atoms with Crippen LogP contribution in [0.2, 0.25) is 0 Å². The Labute approximate surface area is 130 Å². The van der Waals surface area contributed by atoms with E-state index >= 15 is 0 Å². The van der Waals surface area contributed by atoms with E-state index in [1.807, 2.05) is 31.7 Å². The van der Waals surface area contributed by atoms with Crippen molar-refractivity contribution in [3.63, 3.8) is 0 Å². The fraction of sp³-hybridized carbons (Fsp3) is 0.533. The number of hydrogen-bond acceptors (Lipinski definition) is 3. The highest BCUT2D eigenvalue weighted by atomic mass is 16.2. The predicted molar refractivity (Wildman–Crippen MR) is 84.2 cm³/mol. The highest BCUT2D eigenvalue weighted by molar-refractivity contribution is 5.74. The van der Waals surface area contributed by atoms with E-state index in [4.69, 9.17) is 0 Å². The van der Waals surface area contributed by atoms with Crippen molar-refractivity contribution in [3.05, 3.63) is 35.9 Å². The quantitative estimate of drug-likeness (QED) is 0.858. The Bertz CT molecular complexity index is 617. The highest BCUT2D eigenvalue weighted by Gasteiger charge is 2.19. The number of amides is 2. The van der Waals surface area contributed by atoms with Crippen LogP contribution in [0, 0.1) is 6.92 Å². The van der Waals surface area contributed by atoms with Gasteiger partial charge in [-0.3, -0.25) is 0 Å². The number of urea groups is 1. The molecule has 2 N–H and O–H groups in total. The number of aromatic amines is 1. The Hall–Kier alpha value is -2.31. The summed E-state index contributed by atoms with van der Waals surface area (Å²) < 4.78 is 1.93. The van der Waals surface area contributed by atoms with Crippen LogP contribution < -0.4 is 5.32 Å². The average Bonchev–Trinajstić information content (AvgIpc) is 3.07. The van der Waals surface area contributed by atoms with Crippen molar-refractivity contribution >= 4 is 6.03 Å². The van der Waals surface area contributed by atoms with Gasteiger partial charge in [-0.1, -0.05) is 6.92 Å². The molecule has 7 nitrogen and oxygen atoms in total. The van der Waals surface area contributed by atoms with Gasteiger partial charge >= 0.3 is 6.03 Å². The van der Waals surface area contributed by atoms with E-state index in [1.165, 1.54) is 0 Å². The lowest BCUT2D eigenvalue weighted by molar-refractivity contribution is 0.189. The molecule has 0 aliphatic rings. The maximum absolute atomic E-state index is 12.5. The molecule has 0 fully saturated rings. The number of imidazole rings is 2. The third-order valence-corrected chi connectivity index (χ3v) is 3.51. The van der Waals surface area contributed by atoms with Crippen LogP contribution in [0.1, 0.15) is 43.7 Å². The molecule has 0 aromatic carbocycles. The number of carbonyl (C=O) groups excluding carboxylic acids is 1. The second-order valence-corrected chi connectivity index (χ2v) is 5.50. The molecule has 7 heteroatoms. The zero-order chi connectivity index (χ0) is 16.1. The van der Waals surface area contributed by atoms with Gasteiger partial charge in [-0.15, -0.1) is 0 Å². The van der Waals surface area contributed by atoms with Crippen molar-refractivity contribution in [1.29, 1.82) is 0 Å². The molecule has 0 radical (unpaired) electrons. The standard InChI is InChI=1S/C15H24N6O/c1-5-7-21(10-13-16-6-8-20(13)4)15(22)19-12(3)14-17-9-11(2)18-14/h6,8-9,12H,5,7,10H2,1-4H3,(H,17,18)(H,19,22). The zero-order valence-electron chi connectivity index (χ0n) is 13.6. The van der Waals surface area contributed by atoms with Crippen LogP contribution in [-0.4, -0.2) is 37.0 Å². The minimum atomic E-state index is -0.165. The van der Waals surface area contributed by atoms with Crippen LogP contribution in [0.15, 0.2) is 18.6 Å². The lowest BCUT2D eigenvalue weighted by atomic mass is 10.3. The van der Waals surface area contributed by atoms with Gasteiger partial charge in [-0.25, -0.2) is 14.8 Å². The first-order valence-corrected chi connectivity index (χ1v) is 7.54. The number of aromatic nitrogens is 4. The van der Waals surface area contributed by atoms with Crippen molar-refractivity contribution in [1.82, 2.24) is 29.7 Å². The largest absolute Gasteiger partial charge is 0.344 e. The summed E-state index contributed by atoms with van der Waals surface area (Å²) >= 11 is 0. The third kappa shape index (κ3) is 3.87. The molecule has 2 amide bonds. The van der Waals surface area contributed by atoms with Crippen LogP contribution in [0.25, 0.3) is 0 Å². The van der Waals surface area contributed by atoms with E-state index in [1.54, 1.807) is 17.3 Å². The molecule has 2 heterocycles. The molecule has 2 aromatic rings. The van der Waals surface area contributed by atoms with Gasteiger partial charge in [-0.2, -0.15) is 0 Å². The highest BCUT2D eigenvalue weighted by Crippen LogP contribution is 2.10. The van der Waals surface area contributed by atoms with E-state index in [9.17, 15) is 4.79 Å². The average molecular weight is 304 g/mol. The van der Waals surface area contributed by atoms with Gasteiger partial charge < -0.3 is 19.8 Å². The fourth-order valence-electron chi connectivity index (χ4n) is 2.24. The van der Waals surface area contributed by atoms with Crippen LogP contribution >= 0.6 is 0 Å². The molecule has 2 aromatic heterocycles. The van der Waals surface area contributed by atoms with Crippen LogP contribution in [0.4, 0.5) is 4.79 Å². The van der Waals surface area contributed by atoms with E-state index in [-0.39, 0.29) is 12.1 Å². The van der Waals surface area contributed by atoms with E-state index in [2.05, 4.69) is 27.2 Å². The van der Waals surface area contributed by atoms with E-state index in [0.29, 0.717) is 13.1 Å². The molecular weight excluding hydrogens is 280 g/mol. The van der Waals surface area contributed by atoms with Crippen LogP contribution in [0.3, 0.4) is 0 Å². The Kier molecular flexibility index (Phi) is 5.19. The predicted octanol–water partition coefficient (Wildman–Crippen LogP) is 2.13. The van der Waals surface area contributed by atoms with Crippen molar-refractivity contribution in [2.45, 2.75) is 39.8 Å². The van der Waals surface area contributed by atoms with Crippen molar-refractivity contribution in [2.75, 3.05) is 6.54 Å². The van der Waals surface area contributed by atoms with E-state index < -0.39 is 0 Å². The minimum Gasteiger partial charge on any atom is -0.344 e. The molecule has 22 heavy (non-hydrogen) atoms. The molecule has 0 saturated heterocycles. The van der Waals surface area contributed by atoms with Gasteiger partial charge in [0.1, 0.15) is 11.6 Å². The minimum absolute atomic E-state index is 0.105. The first-order chi connectivity index (χ1) is 10.5. The first kappa shape index (κ1) is 16.1. The number of aryl methyl sites for hydroxylation is 2. The Morgan fingerprint density at radius 2 is 2.27 bits per heavy atom. The molecule has 1 atom stereocenters. The smallest absolute Gasteiger partial charge is 0.318 e. The maximum Gasteiger partial charge on any atom is 0.318 e. The fourth-order valence-corrected chi connectivity index (χ4v) is 2.24. The van der Waals surface area contributed by atoms with Gasteiger partial charge in [0, 0.05) is 37.9 Å². The summed E-state index contributed by atoms with van der Waals surface area (Å²) in [6, 6.07) is -0.270. The molecule has 1 unspecified atom stereocenters. The number of nitrogens with zero attached hydrogens (tertiary/aromatic N) is 4. The summed E-state index contributed by atoms with van der Waals surface area (Å²) in [6.07, 6.45) is 6.28. The molecule has 120 valence electrons. The van der Waals surface area contributed by atoms with Gasteiger partial charge in [0.25, 0.3) is 0 Å². The molecule has 0 aliphatic carbocycles. The van der Waals surface area contributed by atoms with Gasteiger partial charge in [0.15, 0.2) is 0 Å². The van der Waals surface area contributed by atoms with Crippen molar-refractivity contribution in [3.8, 4) is 0 Å². The Morgan fingerprint density at radius 3 is 2.82 bits per heavy atom. The summed E-state index contributed by atoms with van der Waals surface area (Å²) in [6.45, 7) is 7.09. The van der Waals surface area contributed by atoms with E-state index in [0.717, 1.165) is 23.8 Å². The topological polar surface area (TPSA) is 78.8 Å². The lowest BCUT2D eigenvalue weighted by Gasteiger charge is -2.24. The summed E-state index contributed by atoms with van der Waals surface area (Å²) in [5.41, 5.74) is 0.981. The Morgan fingerprint density at radius 1 is 1.50 bits per heavy atom. The van der Waals surface area contributed by atoms with Crippen molar-refractivity contribution < 1.29 is 4.79 Å². The SMILES string of the molecule is CCCN(Cc1nccn1C)C(=O)NC(C)c1ncc(C)[nH]1. The number of rotatable bonds is 6. The second kappa shape index (κ2) is 7.11. The van der Waals surface area contributed by atoms with Gasteiger partial charge in [-0.05, 0) is 20.3 Å². The maximum atomic E-state index is 12.5. The number of H-pyrrole nitrogens is 1. The number of carbonyl (C=O) groups is 1. The molecule has 0 spiro atoms. The Balaban J connectivity index is 2.01. The molecule has 0 aliphatic heterocycles.